The second-order valence-electron chi connectivity index (χ2n) is 4.73. The molecule has 0 atom stereocenters. The van der Waals surface area contributed by atoms with E-state index in [-0.39, 0.29) is 12.0 Å². The quantitative estimate of drug-likeness (QED) is 0.563. The molecule has 0 aromatic rings. The number of hydrogen-bond acceptors (Lipinski definition) is 1. The van der Waals surface area contributed by atoms with Crippen LogP contribution in [0.15, 0.2) is 0 Å². The molecule has 0 heterocycles. The molecule has 0 aromatic heterocycles. The van der Waals surface area contributed by atoms with Crippen molar-refractivity contribution in [2.45, 2.75) is 46.5 Å². The van der Waals surface area contributed by atoms with E-state index in [1.54, 1.807) is 0 Å². The van der Waals surface area contributed by atoms with E-state index in [1.807, 2.05) is 0 Å². The van der Waals surface area contributed by atoms with Crippen molar-refractivity contribution >= 4 is 0 Å². The van der Waals surface area contributed by atoms with Gasteiger partial charge in [0.2, 0.25) is 0 Å². The Bertz CT molecular complexity index is 105. The molecule has 0 saturated carbocycles. The van der Waals surface area contributed by atoms with E-state index < -0.39 is 0 Å². The monoisotopic (exact) mass is 187 g/mol. The van der Waals surface area contributed by atoms with E-state index in [9.17, 15) is 5.11 Å². The van der Waals surface area contributed by atoms with Gasteiger partial charge in [-0.25, -0.2) is 5.11 Å². The molecule has 2 heteroatoms. The number of rotatable bonds is 7. The summed E-state index contributed by atoms with van der Waals surface area (Å²) in [6.07, 6.45) is 4.10. The van der Waals surface area contributed by atoms with Gasteiger partial charge < -0.3 is 4.74 Å². The summed E-state index contributed by atoms with van der Waals surface area (Å²) in [7, 11) is 0. The highest BCUT2D eigenvalue weighted by Crippen LogP contribution is 2.13. The number of hydrogen-bond donors (Lipinski definition) is 0. The standard InChI is InChI=1S/C11H23O2/c1-11(2,3)10-13-9-7-5-4-6-8-12/h4-10H2,1-3H3. The smallest absolute Gasteiger partial charge is 0.0822 e. The molecule has 0 aliphatic carbocycles. The molecule has 79 valence electrons. The maximum absolute atomic E-state index is 10.1. The Morgan fingerprint density at radius 3 is 2.15 bits per heavy atom. The lowest BCUT2D eigenvalue weighted by atomic mass is 9.99. The Kier molecular flexibility index (Phi) is 7.29. The van der Waals surface area contributed by atoms with Crippen molar-refractivity contribution in [3.63, 3.8) is 0 Å². The lowest BCUT2D eigenvalue weighted by molar-refractivity contribution is 0.0682. The molecule has 0 rings (SSSR count). The first-order valence-corrected chi connectivity index (χ1v) is 5.22. The van der Waals surface area contributed by atoms with Crippen LogP contribution < -0.4 is 0 Å². The Hall–Kier alpha value is -0.0800. The predicted molar refractivity (Wildman–Crippen MR) is 54.3 cm³/mol. The van der Waals surface area contributed by atoms with Gasteiger partial charge in [0.15, 0.2) is 0 Å². The molecule has 13 heavy (non-hydrogen) atoms. The molecule has 0 aliphatic heterocycles. The van der Waals surface area contributed by atoms with E-state index in [0.29, 0.717) is 0 Å². The van der Waals surface area contributed by atoms with E-state index in [1.165, 1.54) is 0 Å². The van der Waals surface area contributed by atoms with Gasteiger partial charge in [0.25, 0.3) is 0 Å². The SMILES string of the molecule is CC(C)(C)COCCCCCC[O]. The molecular weight excluding hydrogens is 164 g/mol. The first-order valence-electron chi connectivity index (χ1n) is 5.22. The zero-order valence-electron chi connectivity index (χ0n) is 9.27. The minimum atomic E-state index is 0.0723. The molecule has 0 aromatic carbocycles. The van der Waals surface area contributed by atoms with Crippen molar-refractivity contribution < 1.29 is 9.84 Å². The van der Waals surface area contributed by atoms with E-state index >= 15 is 0 Å². The summed E-state index contributed by atoms with van der Waals surface area (Å²) in [5.41, 5.74) is 0.273. The van der Waals surface area contributed by atoms with Crippen molar-refractivity contribution in [1.82, 2.24) is 0 Å². The maximum Gasteiger partial charge on any atom is 0.0822 e. The molecule has 0 bridgehead atoms. The van der Waals surface area contributed by atoms with Gasteiger partial charge in [-0.1, -0.05) is 33.6 Å². The second-order valence-corrected chi connectivity index (χ2v) is 4.73. The van der Waals surface area contributed by atoms with Crippen molar-refractivity contribution in [3.05, 3.63) is 0 Å². The largest absolute Gasteiger partial charge is 0.381 e. The van der Waals surface area contributed by atoms with Gasteiger partial charge in [0.1, 0.15) is 0 Å². The zero-order chi connectivity index (χ0) is 10.2. The van der Waals surface area contributed by atoms with Gasteiger partial charge in [-0.3, -0.25) is 0 Å². The average molecular weight is 187 g/mol. The minimum absolute atomic E-state index is 0.0723. The normalized spacial score (nSPS) is 12.0. The third kappa shape index (κ3) is 11.9. The number of ether oxygens (including phenoxy) is 1. The highest BCUT2D eigenvalue weighted by molar-refractivity contribution is 4.58. The van der Waals surface area contributed by atoms with Crippen molar-refractivity contribution in [2.24, 2.45) is 5.41 Å². The van der Waals surface area contributed by atoms with Gasteiger partial charge in [-0.05, 0) is 18.3 Å². The molecule has 0 saturated heterocycles. The minimum Gasteiger partial charge on any atom is -0.381 e. The first kappa shape index (κ1) is 12.9. The fraction of sp³-hybridized carbons (Fsp3) is 1.00. The van der Waals surface area contributed by atoms with Gasteiger partial charge in [-0.15, -0.1) is 0 Å². The van der Waals surface area contributed by atoms with Gasteiger partial charge in [0, 0.05) is 6.61 Å². The summed E-state index contributed by atoms with van der Waals surface area (Å²) in [5.74, 6) is 0. The Balaban J connectivity index is 3.00. The summed E-state index contributed by atoms with van der Waals surface area (Å²) < 4.78 is 5.50. The van der Waals surface area contributed by atoms with Crippen LogP contribution in [-0.2, 0) is 9.84 Å². The summed E-state index contributed by atoms with van der Waals surface area (Å²) in [5, 5.41) is 10.1. The van der Waals surface area contributed by atoms with Gasteiger partial charge in [0.05, 0.1) is 13.2 Å². The Labute approximate surface area is 82.3 Å². The molecule has 2 nitrogen and oxygen atoms in total. The highest BCUT2D eigenvalue weighted by atomic mass is 16.5. The third-order valence-electron chi connectivity index (χ3n) is 1.72. The van der Waals surface area contributed by atoms with Crippen molar-refractivity contribution in [1.29, 1.82) is 0 Å². The highest BCUT2D eigenvalue weighted by Gasteiger charge is 2.09. The van der Waals surface area contributed by atoms with Crippen molar-refractivity contribution in [2.75, 3.05) is 19.8 Å². The second kappa shape index (κ2) is 7.34. The van der Waals surface area contributed by atoms with Gasteiger partial charge in [-0.2, -0.15) is 0 Å². The fourth-order valence-electron chi connectivity index (χ4n) is 1.04. The molecule has 0 aliphatic rings. The summed E-state index contributed by atoms with van der Waals surface area (Å²) in [6.45, 7) is 8.26. The number of unbranched alkanes of at least 4 members (excludes halogenated alkanes) is 3. The summed E-state index contributed by atoms with van der Waals surface area (Å²) in [4.78, 5) is 0. The summed E-state index contributed by atoms with van der Waals surface area (Å²) in [6, 6.07) is 0. The Morgan fingerprint density at radius 2 is 1.62 bits per heavy atom. The van der Waals surface area contributed by atoms with Crippen LogP contribution >= 0.6 is 0 Å². The van der Waals surface area contributed by atoms with Crippen LogP contribution in [0.5, 0.6) is 0 Å². The topological polar surface area (TPSA) is 29.1 Å². The van der Waals surface area contributed by atoms with E-state index in [4.69, 9.17) is 4.74 Å². The molecular formula is C11H23O2. The predicted octanol–water partition coefficient (Wildman–Crippen LogP) is 3.04. The molecule has 0 spiro atoms. The lowest BCUT2D eigenvalue weighted by Crippen LogP contribution is -2.14. The Morgan fingerprint density at radius 1 is 1.00 bits per heavy atom. The average Bonchev–Trinajstić information content (AvgIpc) is 2.01. The van der Waals surface area contributed by atoms with Gasteiger partial charge >= 0.3 is 0 Å². The maximum atomic E-state index is 10.1. The molecule has 0 fully saturated rings. The van der Waals surface area contributed by atoms with Crippen LogP contribution in [0.3, 0.4) is 0 Å². The van der Waals surface area contributed by atoms with E-state index in [2.05, 4.69) is 20.8 Å². The molecule has 0 amide bonds. The van der Waals surface area contributed by atoms with Crippen LogP contribution in [0.4, 0.5) is 0 Å². The first-order chi connectivity index (χ1) is 6.06. The molecule has 1 radical (unpaired) electrons. The van der Waals surface area contributed by atoms with Crippen LogP contribution in [0, 0.1) is 5.41 Å². The summed E-state index contributed by atoms with van der Waals surface area (Å²) >= 11 is 0. The van der Waals surface area contributed by atoms with Crippen LogP contribution in [0.1, 0.15) is 46.5 Å². The van der Waals surface area contributed by atoms with Crippen LogP contribution in [-0.4, -0.2) is 19.8 Å². The molecule has 0 N–H and O–H groups in total. The van der Waals surface area contributed by atoms with Crippen molar-refractivity contribution in [3.8, 4) is 0 Å². The fourth-order valence-corrected chi connectivity index (χ4v) is 1.04. The van der Waals surface area contributed by atoms with E-state index in [0.717, 1.165) is 38.9 Å². The van der Waals surface area contributed by atoms with Crippen LogP contribution in [0.25, 0.3) is 0 Å². The van der Waals surface area contributed by atoms with Crippen LogP contribution in [0.2, 0.25) is 0 Å². The lowest BCUT2D eigenvalue weighted by Gasteiger charge is -2.17. The zero-order valence-corrected chi connectivity index (χ0v) is 9.27. The molecule has 0 unspecified atom stereocenters. The third-order valence-corrected chi connectivity index (χ3v) is 1.72.